The Balaban J connectivity index is 1.59. The first-order valence-corrected chi connectivity index (χ1v) is 7.59. The minimum Gasteiger partial charge on any atom is -0.467 e. The number of rotatable bonds is 5. The molecule has 1 aliphatic carbocycles. The van der Waals surface area contributed by atoms with Crippen LogP contribution in [0, 0.1) is 5.92 Å². The van der Waals surface area contributed by atoms with Crippen LogP contribution in [0.25, 0.3) is 0 Å². The molecule has 1 aliphatic heterocycles. The van der Waals surface area contributed by atoms with Crippen molar-refractivity contribution >= 4 is 11.9 Å². The summed E-state index contributed by atoms with van der Waals surface area (Å²) in [4.78, 5) is 26.4. The van der Waals surface area contributed by atoms with Crippen LogP contribution in [-0.4, -0.2) is 54.2 Å². The van der Waals surface area contributed by atoms with Crippen LogP contribution >= 0.6 is 0 Å². The first-order valence-electron chi connectivity index (χ1n) is 7.59. The van der Waals surface area contributed by atoms with Crippen LogP contribution in [0.15, 0.2) is 0 Å². The Kier molecular flexibility index (Phi) is 4.26. The lowest BCUT2D eigenvalue weighted by Gasteiger charge is -2.32. The molecular weight excluding hydrogens is 286 g/mol. The standard InChI is InChI=1S/C14H21N5O3/c1-21-13-16-12(17-14(18-13)22-2)19-7-5-10(6-8-19)15-11(20)9-3-4-9/h9-10H,3-8H2,1-2H3,(H,15,20). The summed E-state index contributed by atoms with van der Waals surface area (Å²) < 4.78 is 10.1. The number of nitrogens with one attached hydrogen (secondary N) is 1. The molecule has 0 atom stereocenters. The molecule has 1 saturated heterocycles. The van der Waals surface area contributed by atoms with Crippen molar-refractivity contribution in [3.63, 3.8) is 0 Å². The maximum atomic E-state index is 11.8. The quantitative estimate of drug-likeness (QED) is 0.841. The van der Waals surface area contributed by atoms with Crippen molar-refractivity contribution in [1.82, 2.24) is 20.3 Å². The molecule has 1 aromatic rings. The van der Waals surface area contributed by atoms with Crippen molar-refractivity contribution in [2.75, 3.05) is 32.2 Å². The molecule has 0 radical (unpaired) electrons. The Labute approximate surface area is 129 Å². The Hall–Kier alpha value is -2.12. The number of hydrogen-bond donors (Lipinski definition) is 1. The van der Waals surface area contributed by atoms with Crippen molar-refractivity contribution in [3.8, 4) is 12.0 Å². The molecule has 0 spiro atoms. The van der Waals surface area contributed by atoms with E-state index in [1.165, 1.54) is 14.2 Å². The van der Waals surface area contributed by atoms with Crippen molar-refractivity contribution < 1.29 is 14.3 Å². The third-order valence-electron chi connectivity index (χ3n) is 4.02. The van der Waals surface area contributed by atoms with Crippen LogP contribution in [0.4, 0.5) is 5.95 Å². The van der Waals surface area contributed by atoms with Crippen LogP contribution in [0.1, 0.15) is 25.7 Å². The summed E-state index contributed by atoms with van der Waals surface area (Å²) in [7, 11) is 3.02. The topological polar surface area (TPSA) is 89.5 Å². The SMILES string of the molecule is COc1nc(OC)nc(N2CCC(NC(=O)C3CC3)CC2)n1. The number of ether oxygens (including phenoxy) is 2. The fourth-order valence-electron chi connectivity index (χ4n) is 2.54. The zero-order valence-corrected chi connectivity index (χ0v) is 12.9. The van der Waals surface area contributed by atoms with E-state index in [1.807, 2.05) is 0 Å². The molecule has 1 amide bonds. The van der Waals surface area contributed by atoms with Gasteiger partial charge in [0.15, 0.2) is 0 Å². The minimum absolute atomic E-state index is 0.210. The van der Waals surface area contributed by atoms with E-state index in [0.717, 1.165) is 38.8 Å². The average molecular weight is 307 g/mol. The van der Waals surface area contributed by atoms with E-state index in [2.05, 4.69) is 25.2 Å². The highest BCUT2D eigenvalue weighted by atomic mass is 16.5. The van der Waals surface area contributed by atoms with Gasteiger partial charge >= 0.3 is 12.0 Å². The zero-order chi connectivity index (χ0) is 15.5. The number of carbonyl (C=O) groups is 1. The van der Waals surface area contributed by atoms with E-state index >= 15 is 0 Å². The van der Waals surface area contributed by atoms with Gasteiger partial charge in [-0.3, -0.25) is 4.79 Å². The molecule has 120 valence electrons. The number of methoxy groups -OCH3 is 2. The van der Waals surface area contributed by atoms with Gasteiger partial charge < -0.3 is 19.7 Å². The van der Waals surface area contributed by atoms with Gasteiger partial charge in [-0.2, -0.15) is 9.97 Å². The Morgan fingerprint density at radius 1 is 1.05 bits per heavy atom. The summed E-state index contributed by atoms with van der Waals surface area (Å²) in [5.74, 6) is 1.02. The van der Waals surface area contributed by atoms with Gasteiger partial charge in [0.1, 0.15) is 0 Å². The fraction of sp³-hybridized carbons (Fsp3) is 0.714. The molecule has 8 heteroatoms. The van der Waals surface area contributed by atoms with E-state index in [4.69, 9.17) is 9.47 Å². The van der Waals surface area contributed by atoms with Crippen molar-refractivity contribution in [3.05, 3.63) is 0 Å². The highest BCUT2D eigenvalue weighted by molar-refractivity contribution is 5.81. The maximum Gasteiger partial charge on any atom is 0.324 e. The monoisotopic (exact) mass is 307 g/mol. The van der Waals surface area contributed by atoms with Crippen molar-refractivity contribution in [2.45, 2.75) is 31.7 Å². The number of hydrogen-bond acceptors (Lipinski definition) is 7. The molecule has 0 bridgehead atoms. The molecule has 1 aromatic heterocycles. The lowest BCUT2D eigenvalue weighted by Crippen LogP contribution is -2.45. The molecule has 2 heterocycles. The normalized spacial score (nSPS) is 18.9. The number of nitrogens with zero attached hydrogens (tertiary/aromatic N) is 4. The van der Waals surface area contributed by atoms with E-state index in [1.54, 1.807) is 0 Å². The highest BCUT2D eigenvalue weighted by Gasteiger charge is 2.32. The highest BCUT2D eigenvalue weighted by Crippen LogP contribution is 2.29. The largest absolute Gasteiger partial charge is 0.467 e. The maximum absolute atomic E-state index is 11.8. The molecule has 1 saturated carbocycles. The Morgan fingerprint density at radius 3 is 2.14 bits per heavy atom. The first kappa shape index (κ1) is 14.8. The predicted molar refractivity (Wildman–Crippen MR) is 79.0 cm³/mol. The number of aromatic nitrogens is 3. The Bertz CT molecular complexity index is 519. The predicted octanol–water partition coefficient (Wildman–Crippen LogP) is 0.384. The second-order valence-electron chi connectivity index (χ2n) is 5.65. The molecule has 3 rings (SSSR count). The molecule has 22 heavy (non-hydrogen) atoms. The lowest BCUT2D eigenvalue weighted by molar-refractivity contribution is -0.123. The molecule has 0 unspecified atom stereocenters. The second kappa shape index (κ2) is 6.33. The van der Waals surface area contributed by atoms with Gasteiger partial charge in [0.2, 0.25) is 11.9 Å². The molecule has 2 fully saturated rings. The lowest BCUT2D eigenvalue weighted by atomic mass is 10.1. The summed E-state index contributed by atoms with van der Waals surface area (Å²) >= 11 is 0. The second-order valence-corrected chi connectivity index (χ2v) is 5.65. The summed E-state index contributed by atoms with van der Waals surface area (Å²) in [6, 6.07) is 0.729. The van der Waals surface area contributed by atoms with Gasteiger partial charge in [-0.15, -0.1) is 4.98 Å². The zero-order valence-electron chi connectivity index (χ0n) is 12.9. The van der Waals surface area contributed by atoms with Crippen LogP contribution in [-0.2, 0) is 4.79 Å². The van der Waals surface area contributed by atoms with Crippen LogP contribution in [0.5, 0.6) is 12.0 Å². The van der Waals surface area contributed by atoms with E-state index in [9.17, 15) is 4.79 Å². The summed E-state index contributed by atoms with van der Waals surface area (Å²) in [6.45, 7) is 1.57. The van der Waals surface area contributed by atoms with Crippen molar-refractivity contribution in [1.29, 1.82) is 0 Å². The molecule has 0 aromatic carbocycles. The summed E-state index contributed by atoms with van der Waals surface area (Å²) in [5.41, 5.74) is 0. The molecule has 2 aliphatic rings. The van der Waals surface area contributed by atoms with Gasteiger partial charge in [-0.1, -0.05) is 0 Å². The Morgan fingerprint density at radius 2 is 1.64 bits per heavy atom. The van der Waals surface area contributed by atoms with E-state index in [-0.39, 0.29) is 29.9 Å². The number of carbonyl (C=O) groups excluding carboxylic acids is 1. The smallest absolute Gasteiger partial charge is 0.324 e. The number of anilines is 1. The summed E-state index contributed by atoms with van der Waals surface area (Å²) in [5, 5.41) is 3.13. The van der Waals surface area contributed by atoms with Gasteiger partial charge in [0.25, 0.3) is 0 Å². The average Bonchev–Trinajstić information content (AvgIpc) is 3.40. The van der Waals surface area contributed by atoms with Gasteiger partial charge in [-0.25, -0.2) is 0 Å². The van der Waals surface area contributed by atoms with E-state index < -0.39 is 0 Å². The van der Waals surface area contributed by atoms with E-state index in [0.29, 0.717) is 5.95 Å². The van der Waals surface area contributed by atoms with Crippen LogP contribution < -0.4 is 19.7 Å². The van der Waals surface area contributed by atoms with Crippen molar-refractivity contribution in [2.24, 2.45) is 5.92 Å². The fourth-order valence-corrected chi connectivity index (χ4v) is 2.54. The molecular formula is C14H21N5O3. The number of piperidine rings is 1. The van der Waals surface area contributed by atoms with Gasteiger partial charge in [0.05, 0.1) is 14.2 Å². The number of amides is 1. The third kappa shape index (κ3) is 3.37. The molecule has 8 nitrogen and oxygen atoms in total. The van der Waals surface area contributed by atoms with Crippen LogP contribution in [0.3, 0.4) is 0 Å². The minimum atomic E-state index is 0.210. The van der Waals surface area contributed by atoms with Gasteiger partial charge in [0, 0.05) is 25.0 Å². The first-order chi connectivity index (χ1) is 10.7. The third-order valence-corrected chi connectivity index (χ3v) is 4.02. The molecule has 1 N–H and O–H groups in total. The summed E-state index contributed by atoms with van der Waals surface area (Å²) in [6.07, 6.45) is 3.84. The van der Waals surface area contributed by atoms with Gasteiger partial charge in [-0.05, 0) is 25.7 Å². The van der Waals surface area contributed by atoms with Crippen LogP contribution in [0.2, 0.25) is 0 Å².